The largest absolute Gasteiger partial charge is 0.353 e. The maximum absolute atomic E-state index is 6.31. The normalized spacial score (nSPS) is 24.1. The Hall–Kier alpha value is -0.830. The zero-order valence-electron chi connectivity index (χ0n) is 12.8. The van der Waals surface area contributed by atoms with Gasteiger partial charge in [0.15, 0.2) is 0 Å². The first-order chi connectivity index (χ1) is 8.70. The number of aromatic nitrogens is 2. The zero-order valence-corrected chi connectivity index (χ0v) is 13.5. The summed E-state index contributed by atoms with van der Waals surface area (Å²) in [5.41, 5.74) is 0.913. The molecule has 2 rings (SSSR count). The van der Waals surface area contributed by atoms with E-state index in [-0.39, 0.29) is 5.41 Å². The molecule has 0 aliphatic carbocycles. The lowest BCUT2D eigenvalue weighted by Gasteiger charge is -2.27. The van der Waals surface area contributed by atoms with Gasteiger partial charge in [0.25, 0.3) is 0 Å². The monoisotopic (exact) mass is 281 g/mol. The van der Waals surface area contributed by atoms with Gasteiger partial charge in [-0.3, -0.25) is 0 Å². The summed E-state index contributed by atoms with van der Waals surface area (Å²) in [4.78, 5) is 11.6. The van der Waals surface area contributed by atoms with Crippen molar-refractivity contribution in [2.24, 2.45) is 5.92 Å². The van der Waals surface area contributed by atoms with E-state index in [0.29, 0.717) is 17.1 Å². The van der Waals surface area contributed by atoms with Crippen molar-refractivity contribution in [3.63, 3.8) is 0 Å². The highest BCUT2D eigenvalue weighted by molar-refractivity contribution is 6.30. The van der Waals surface area contributed by atoms with Crippen molar-refractivity contribution in [1.82, 2.24) is 9.97 Å². The Kier molecular flexibility index (Phi) is 3.78. The highest BCUT2D eigenvalue weighted by Crippen LogP contribution is 2.33. The molecule has 1 saturated heterocycles. The van der Waals surface area contributed by atoms with Crippen molar-refractivity contribution in [1.29, 1.82) is 0 Å². The van der Waals surface area contributed by atoms with Gasteiger partial charge in [0, 0.05) is 23.6 Å². The van der Waals surface area contributed by atoms with Crippen molar-refractivity contribution < 1.29 is 0 Å². The first kappa shape index (κ1) is 14.6. The van der Waals surface area contributed by atoms with Crippen molar-refractivity contribution >= 4 is 17.4 Å². The van der Waals surface area contributed by atoms with Crippen LogP contribution in [-0.2, 0) is 5.41 Å². The maximum atomic E-state index is 6.31. The average Bonchev–Trinajstić information content (AvgIpc) is 2.60. The van der Waals surface area contributed by atoms with Gasteiger partial charge in [-0.1, -0.05) is 39.3 Å². The third-order valence-electron chi connectivity index (χ3n) is 3.79. The summed E-state index contributed by atoms with van der Waals surface area (Å²) in [7, 11) is 0. The Labute approximate surface area is 121 Å². The summed E-state index contributed by atoms with van der Waals surface area (Å²) >= 11 is 6.31. The highest BCUT2D eigenvalue weighted by Gasteiger charge is 2.30. The van der Waals surface area contributed by atoms with Gasteiger partial charge in [0.1, 0.15) is 16.8 Å². The number of nitrogens with zero attached hydrogens (tertiary/aromatic N) is 3. The first-order valence-corrected chi connectivity index (χ1v) is 7.39. The van der Waals surface area contributed by atoms with E-state index in [1.807, 2.05) is 6.92 Å². The summed E-state index contributed by atoms with van der Waals surface area (Å²) in [6.07, 6.45) is 1.21. The Morgan fingerprint density at radius 3 is 2.32 bits per heavy atom. The summed E-state index contributed by atoms with van der Waals surface area (Å²) < 4.78 is 0. The van der Waals surface area contributed by atoms with Crippen LogP contribution in [0.15, 0.2) is 0 Å². The smallest absolute Gasteiger partial charge is 0.137 e. The topological polar surface area (TPSA) is 29.0 Å². The van der Waals surface area contributed by atoms with E-state index < -0.39 is 0 Å². The molecule has 2 unspecified atom stereocenters. The second-order valence-electron chi connectivity index (χ2n) is 6.88. The molecule has 1 aliphatic heterocycles. The van der Waals surface area contributed by atoms with Crippen LogP contribution in [0, 0.1) is 12.8 Å². The minimum atomic E-state index is -0.0827. The predicted octanol–water partition coefficient (Wildman–Crippen LogP) is 3.97. The Balaban J connectivity index is 2.48. The van der Waals surface area contributed by atoms with Crippen molar-refractivity contribution in [2.45, 2.75) is 59.4 Å². The Bertz CT molecular complexity index is 479. The van der Waals surface area contributed by atoms with Crippen molar-refractivity contribution in [2.75, 3.05) is 11.4 Å². The first-order valence-electron chi connectivity index (χ1n) is 7.01. The van der Waals surface area contributed by atoms with E-state index in [1.165, 1.54) is 6.42 Å². The molecule has 0 bridgehead atoms. The molecule has 2 atom stereocenters. The number of anilines is 1. The number of rotatable bonds is 1. The van der Waals surface area contributed by atoms with Crippen LogP contribution in [0.2, 0.25) is 5.15 Å². The maximum Gasteiger partial charge on any atom is 0.137 e. The molecule has 106 valence electrons. The number of halogens is 1. The van der Waals surface area contributed by atoms with Crippen LogP contribution >= 0.6 is 11.6 Å². The lowest BCUT2D eigenvalue weighted by atomic mass is 9.95. The quantitative estimate of drug-likeness (QED) is 0.730. The lowest BCUT2D eigenvalue weighted by Crippen LogP contribution is -2.30. The third-order valence-corrected chi connectivity index (χ3v) is 4.16. The summed E-state index contributed by atoms with van der Waals surface area (Å²) in [5.74, 6) is 2.55. The molecule has 0 aromatic carbocycles. The molecular formula is C15H24ClN3. The molecule has 1 aliphatic rings. The molecule has 1 fully saturated rings. The molecular weight excluding hydrogens is 258 g/mol. The fourth-order valence-electron chi connectivity index (χ4n) is 2.69. The van der Waals surface area contributed by atoms with E-state index in [1.54, 1.807) is 0 Å². The minimum Gasteiger partial charge on any atom is -0.353 e. The Morgan fingerprint density at radius 1 is 1.21 bits per heavy atom. The van der Waals surface area contributed by atoms with Crippen LogP contribution in [0.25, 0.3) is 0 Å². The van der Waals surface area contributed by atoms with Gasteiger partial charge in [-0.25, -0.2) is 9.97 Å². The molecule has 3 nitrogen and oxygen atoms in total. The van der Waals surface area contributed by atoms with Gasteiger partial charge >= 0.3 is 0 Å². The molecule has 19 heavy (non-hydrogen) atoms. The molecule has 0 amide bonds. The van der Waals surface area contributed by atoms with Gasteiger partial charge in [-0.05, 0) is 26.2 Å². The van der Waals surface area contributed by atoms with Crippen LogP contribution < -0.4 is 4.90 Å². The second-order valence-corrected chi connectivity index (χ2v) is 7.24. The summed E-state index contributed by atoms with van der Waals surface area (Å²) in [5, 5.41) is 0.585. The van der Waals surface area contributed by atoms with Gasteiger partial charge in [0.2, 0.25) is 0 Å². The highest BCUT2D eigenvalue weighted by atomic mass is 35.5. The molecule has 0 saturated carbocycles. The van der Waals surface area contributed by atoms with E-state index in [9.17, 15) is 0 Å². The van der Waals surface area contributed by atoms with E-state index in [0.717, 1.165) is 23.8 Å². The number of hydrogen-bond donors (Lipinski definition) is 0. The second kappa shape index (κ2) is 4.93. The van der Waals surface area contributed by atoms with Gasteiger partial charge in [0.05, 0.1) is 0 Å². The summed E-state index contributed by atoms with van der Waals surface area (Å²) in [6, 6.07) is 0.521. The molecule has 1 aromatic heterocycles. The minimum absolute atomic E-state index is 0.0827. The van der Waals surface area contributed by atoms with Crippen LogP contribution in [0.5, 0.6) is 0 Å². The van der Waals surface area contributed by atoms with Crippen LogP contribution in [0.3, 0.4) is 0 Å². The van der Waals surface area contributed by atoms with E-state index in [2.05, 4.69) is 44.5 Å². The standard InChI is InChI=1S/C15H24ClN3/c1-9-7-10(2)19(8-9)13-11(3)12(16)17-14(18-13)15(4,5)6/h9-10H,7-8H2,1-6H3. The number of hydrogen-bond acceptors (Lipinski definition) is 3. The molecule has 1 aromatic rings. The molecule has 2 heterocycles. The fraction of sp³-hybridized carbons (Fsp3) is 0.733. The van der Waals surface area contributed by atoms with Crippen LogP contribution in [0.1, 0.15) is 52.4 Å². The molecule has 0 radical (unpaired) electrons. The lowest BCUT2D eigenvalue weighted by molar-refractivity contribution is 0.542. The molecule has 0 spiro atoms. The third kappa shape index (κ3) is 2.86. The SMILES string of the molecule is Cc1c(Cl)nc(C(C)(C)C)nc1N1CC(C)CC1C. The Morgan fingerprint density at radius 2 is 1.84 bits per heavy atom. The van der Waals surface area contributed by atoms with E-state index >= 15 is 0 Å². The van der Waals surface area contributed by atoms with Gasteiger partial charge in [-0.15, -0.1) is 0 Å². The van der Waals surface area contributed by atoms with Gasteiger partial charge in [-0.2, -0.15) is 0 Å². The fourth-order valence-corrected chi connectivity index (χ4v) is 2.85. The average molecular weight is 282 g/mol. The van der Waals surface area contributed by atoms with Crippen molar-refractivity contribution in [3.05, 3.63) is 16.5 Å². The summed E-state index contributed by atoms with van der Waals surface area (Å²) in [6.45, 7) is 14.0. The molecule has 4 heteroatoms. The van der Waals surface area contributed by atoms with Gasteiger partial charge < -0.3 is 4.90 Å². The zero-order chi connectivity index (χ0) is 14.4. The van der Waals surface area contributed by atoms with Crippen LogP contribution in [-0.4, -0.2) is 22.6 Å². The van der Waals surface area contributed by atoms with Crippen molar-refractivity contribution in [3.8, 4) is 0 Å². The predicted molar refractivity (Wildman–Crippen MR) is 81.1 cm³/mol. The van der Waals surface area contributed by atoms with E-state index in [4.69, 9.17) is 16.6 Å². The molecule has 0 N–H and O–H groups in total. The van der Waals surface area contributed by atoms with Crippen LogP contribution in [0.4, 0.5) is 5.82 Å².